The quantitative estimate of drug-likeness (QED) is 0.798. The van der Waals surface area contributed by atoms with Crippen molar-refractivity contribution in [2.45, 2.75) is 65.9 Å². The first-order valence-electron chi connectivity index (χ1n) is 7.79. The van der Waals surface area contributed by atoms with E-state index in [1.165, 1.54) is 6.42 Å². The third-order valence-corrected chi connectivity index (χ3v) is 4.97. The first-order valence-corrected chi connectivity index (χ1v) is 7.79. The summed E-state index contributed by atoms with van der Waals surface area (Å²) in [5.41, 5.74) is 0.0424. The van der Waals surface area contributed by atoms with Crippen molar-refractivity contribution >= 4 is 5.97 Å². The molecule has 3 atom stereocenters. The fourth-order valence-corrected chi connectivity index (χ4v) is 3.99. The number of carbonyl (C=O) groups is 1. The molecule has 0 aromatic rings. The summed E-state index contributed by atoms with van der Waals surface area (Å²) in [7, 11) is 0. The number of hydrogen-bond acceptors (Lipinski definition) is 3. The van der Waals surface area contributed by atoms with Crippen molar-refractivity contribution in [3.05, 3.63) is 0 Å². The van der Waals surface area contributed by atoms with Gasteiger partial charge in [-0.15, -0.1) is 0 Å². The molecule has 0 aromatic heterocycles. The summed E-state index contributed by atoms with van der Waals surface area (Å²) in [5, 5.41) is 3.31. The van der Waals surface area contributed by atoms with E-state index in [1.54, 1.807) is 0 Å². The van der Waals surface area contributed by atoms with Gasteiger partial charge in [-0.25, -0.2) is 0 Å². The SMILES string of the molecule is CCC1(C(=O)OC2CC(C)CC(C)(C)C2)CCNC1. The second-order valence-corrected chi connectivity index (χ2v) is 7.50. The molecule has 0 bridgehead atoms. The van der Waals surface area contributed by atoms with Gasteiger partial charge in [-0.2, -0.15) is 0 Å². The highest BCUT2D eigenvalue weighted by Crippen LogP contribution is 2.41. The summed E-state index contributed by atoms with van der Waals surface area (Å²) in [5.74, 6) is 0.690. The Morgan fingerprint density at radius 2 is 2.11 bits per heavy atom. The average Bonchev–Trinajstić information content (AvgIpc) is 2.75. The molecule has 3 unspecified atom stereocenters. The maximum Gasteiger partial charge on any atom is 0.313 e. The van der Waals surface area contributed by atoms with Crippen LogP contribution >= 0.6 is 0 Å². The van der Waals surface area contributed by atoms with Gasteiger partial charge in [0.25, 0.3) is 0 Å². The predicted molar refractivity (Wildman–Crippen MR) is 76.9 cm³/mol. The topological polar surface area (TPSA) is 38.3 Å². The lowest BCUT2D eigenvalue weighted by Crippen LogP contribution is -2.40. The van der Waals surface area contributed by atoms with Crippen molar-refractivity contribution < 1.29 is 9.53 Å². The second kappa shape index (κ2) is 5.43. The van der Waals surface area contributed by atoms with Crippen LogP contribution in [-0.2, 0) is 9.53 Å². The zero-order valence-electron chi connectivity index (χ0n) is 12.9. The Bertz CT molecular complexity index is 332. The molecule has 1 aliphatic heterocycles. The Morgan fingerprint density at radius 3 is 2.63 bits per heavy atom. The van der Waals surface area contributed by atoms with Gasteiger partial charge in [-0.3, -0.25) is 4.79 Å². The van der Waals surface area contributed by atoms with E-state index in [0.29, 0.717) is 11.3 Å². The molecular weight excluding hydrogens is 238 g/mol. The number of esters is 1. The van der Waals surface area contributed by atoms with Crippen LogP contribution in [0.15, 0.2) is 0 Å². The van der Waals surface area contributed by atoms with Gasteiger partial charge in [0.15, 0.2) is 0 Å². The van der Waals surface area contributed by atoms with Gasteiger partial charge < -0.3 is 10.1 Å². The molecule has 0 spiro atoms. The molecule has 3 nitrogen and oxygen atoms in total. The fraction of sp³-hybridized carbons (Fsp3) is 0.938. The largest absolute Gasteiger partial charge is 0.462 e. The third kappa shape index (κ3) is 3.31. The lowest BCUT2D eigenvalue weighted by atomic mass is 9.71. The van der Waals surface area contributed by atoms with Crippen LogP contribution in [0.5, 0.6) is 0 Å². The lowest BCUT2D eigenvalue weighted by Gasteiger charge is -2.39. The molecule has 1 N–H and O–H groups in total. The lowest BCUT2D eigenvalue weighted by molar-refractivity contribution is -0.165. The van der Waals surface area contributed by atoms with Gasteiger partial charge in [0.1, 0.15) is 6.10 Å². The minimum Gasteiger partial charge on any atom is -0.462 e. The van der Waals surface area contributed by atoms with E-state index in [0.717, 1.165) is 38.8 Å². The van der Waals surface area contributed by atoms with Crippen molar-refractivity contribution in [2.75, 3.05) is 13.1 Å². The number of rotatable bonds is 3. The first kappa shape index (κ1) is 14.8. The van der Waals surface area contributed by atoms with Crippen LogP contribution in [-0.4, -0.2) is 25.2 Å². The van der Waals surface area contributed by atoms with Crippen LogP contribution in [0.3, 0.4) is 0 Å². The molecule has 3 heteroatoms. The zero-order chi connectivity index (χ0) is 14.1. The van der Waals surface area contributed by atoms with Crippen LogP contribution < -0.4 is 5.32 Å². The number of carbonyl (C=O) groups excluding carboxylic acids is 1. The maximum atomic E-state index is 12.5. The van der Waals surface area contributed by atoms with Gasteiger partial charge in [0.2, 0.25) is 0 Å². The Labute approximate surface area is 117 Å². The summed E-state index contributed by atoms with van der Waals surface area (Å²) in [6.07, 6.45) is 5.20. The molecule has 110 valence electrons. The molecule has 1 saturated heterocycles. The van der Waals surface area contributed by atoms with Crippen LogP contribution in [0.4, 0.5) is 0 Å². The van der Waals surface area contributed by atoms with Gasteiger partial charge in [-0.1, -0.05) is 27.7 Å². The highest BCUT2D eigenvalue weighted by atomic mass is 16.5. The standard InChI is InChI=1S/C16H29NO2/c1-5-16(6-7-17-11-16)14(18)19-13-8-12(2)9-15(3,4)10-13/h12-13,17H,5-11H2,1-4H3. The molecule has 19 heavy (non-hydrogen) atoms. The third-order valence-electron chi connectivity index (χ3n) is 4.97. The Balaban J connectivity index is 1.98. The van der Waals surface area contributed by atoms with E-state index in [2.05, 4.69) is 33.0 Å². The van der Waals surface area contributed by atoms with Crippen molar-refractivity contribution in [2.24, 2.45) is 16.7 Å². The Morgan fingerprint density at radius 1 is 1.37 bits per heavy atom. The van der Waals surface area contributed by atoms with E-state index >= 15 is 0 Å². The molecule has 1 aliphatic carbocycles. The van der Waals surface area contributed by atoms with Crippen LogP contribution in [0.2, 0.25) is 0 Å². The first-order chi connectivity index (χ1) is 8.87. The molecule has 2 rings (SSSR count). The Kier molecular flexibility index (Phi) is 4.24. The monoisotopic (exact) mass is 267 g/mol. The van der Waals surface area contributed by atoms with Crippen LogP contribution in [0.1, 0.15) is 59.8 Å². The van der Waals surface area contributed by atoms with Crippen molar-refractivity contribution in [1.29, 1.82) is 0 Å². The van der Waals surface area contributed by atoms with E-state index < -0.39 is 0 Å². The fourth-order valence-electron chi connectivity index (χ4n) is 3.99. The van der Waals surface area contributed by atoms with Gasteiger partial charge in [-0.05, 0) is 50.0 Å². The normalized spacial score (nSPS) is 38.1. The minimum absolute atomic E-state index is 0.0369. The van der Waals surface area contributed by atoms with Crippen LogP contribution in [0.25, 0.3) is 0 Å². The second-order valence-electron chi connectivity index (χ2n) is 7.50. The van der Waals surface area contributed by atoms with Gasteiger partial charge >= 0.3 is 5.97 Å². The maximum absolute atomic E-state index is 12.5. The number of nitrogens with one attached hydrogen (secondary N) is 1. The summed E-state index contributed by atoms with van der Waals surface area (Å²) >= 11 is 0. The van der Waals surface area contributed by atoms with Crippen LogP contribution in [0, 0.1) is 16.7 Å². The van der Waals surface area contributed by atoms with E-state index in [9.17, 15) is 4.79 Å². The van der Waals surface area contributed by atoms with Gasteiger partial charge in [0.05, 0.1) is 5.41 Å². The molecule has 0 amide bonds. The highest BCUT2D eigenvalue weighted by molar-refractivity contribution is 5.77. The summed E-state index contributed by atoms with van der Waals surface area (Å²) < 4.78 is 5.90. The molecular formula is C16H29NO2. The minimum atomic E-state index is -0.259. The Hall–Kier alpha value is -0.570. The number of hydrogen-bond donors (Lipinski definition) is 1. The molecule has 2 aliphatic rings. The zero-order valence-corrected chi connectivity index (χ0v) is 12.9. The van der Waals surface area contributed by atoms with Crippen molar-refractivity contribution in [3.63, 3.8) is 0 Å². The van der Waals surface area contributed by atoms with E-state index in [1.807, 2.05) is 0 Å². The molecule has 0 radical (unpaired) electrons. The molecule has 1 saturated carbocycles. The molecule has 0 aromatic carbocycles. The summed E-state index contributed by atoms with van der Waals surface area (Å²) in [4.78, 5) is 12.5. The van der Waals surface area contributed by atoms with Gasteiger partial charge in [0, 0.05) is 6.54 Å². The average molecular weight is 267 g/mol. The molecule has 2 fully saturated rings. The summed E-state index contributed by atoms with van der Waals surface area (Å²) in [6.45, 7) is 10.7. The predicted octanol–water partition coefficient (Wildman–Crippen LogP) is 3.13. The van der Waals surface area contributed by atoms with E-state index in [-0.39, 0.29) is 17.5 Å². The smallest absolute Gasteiger partial charge is 0.313 e. The highest BCUT2D eigenvalue weighted by Gasteiger charge is 2.43. The number of ether oxygens (including phenoxy) is 1. The molecule has 1 heterocycles. The van der Waals surface area contributed by atoms with E-state index in [4.69, 9.17) is 4.74 Å². The summed E-state index contributed by atoms with van der Waals surface area (Å²) in [6, 6.07) is 0. The van der Waals surface area contributed by atoms with Crippen molar-refractivity contribution in [1.82, 2.24) is 5.32 Å². The van der Waals surface area contributed by atoms with Crippen molar-refractivity contribution in [3.8, 4) is 0 Å².